The predicted octanol–water partition coefficient (Wildman–Crippen LogP) is 4.57. The minimum absolute atomic E-state index is 0.00573. The maximum Gasteiger partial charge on any atom is 0.311 e. The molecule has 2 aromatic carbocycles. The van der Waals surface area contributed by atoms with Crippen molar-refractivity contribution in [3.63, 3.8) is 0 Å². The number of aliphatic hydroxyl groups excluding tert-OH is 1. The molecule has 0 atom stereocenters. The Bertz CT molecular complexity index is 1800. The van der Waals surface area contributed by atoms with Crippen LogP contribution in [0.1, 0.15) is 17.7 Å². The Labute approximate surface area is 291 Å². The first kappa shape index (κ1) is 37.8. The first-order valence-electron chi connectivity index (χ1n) is 14.3. The van der Waals surface area contributed by atoms with E-state index in [-0.39, 0.29) is 36.9 Å². The Hall–Kier alpha value is -4.70. The van der Waals surface area contributed by atoms with Gasteiger partial charge in [-0.2, -0.15) is 5.26 Å². The number of halogens is 1. The molecule has 0 bridgehead atoms. The van der Waals surface area contributed by atoms with Gasteiger partial charge < -0.3 is 34.7 Å². The van der Waals surface area contributed by atoms with Gasteiger partial charge in [0.15, 0.2) is 0 Å². The molecule has 0 amide bonds. The van der Waals surface area contributed by atoms with Crippen molar-refractivity contribution in [2.75, 3.05) is 53.2 Å². The zero-order valence-corrected chi connectivity index (χ0v) is 28.8. The number of likely N-dealkylation sites (N-methyl/N-ethyl adjacent to an activating group) is 1. The number of carbonyl (C=O) groups excluding carboxylic acids is 2. The molecule has 12 nitrogen and oxygen atoms in total. The minimum atomic E-state index is -1.52. The van der Waals surface area contributed by atoms with Gasteiger partial charge in [-0.05, 0) is 29.8 Å². The molecule has 2 heterocycles. The molecule has 0 radical (unpaired) electrons. The first-order valence-corrected chi connectivity index (χ1v) is 16.5. The lowest BCUT2D eigenvalue weighted by Gasteiger charge is -2.21. The molecule has 4 aromatic rings. The average Bonchev–Trinajstić information content (AvgIpc) is 3.51. The van der Waals surface area contributed by atoms with Crippen LogP contribution in [0.15, 0.2) is 58.9 Å². The molecule has 2 aromatic heterocycles. The van der Waals surface area contributed by atoms with Gasteiger partial charge in [-0.15, -0.1) is 11.3 Å². The van der Waals surface area contributed by atoms with Gasteiger partial charge in [0.1, 0.15) is 47.4 Å². The number of nitrogens with zero attached hydrogens (tertiary/aromatic N) is 5. The third-order valence-corrected chi connectivity index (χ3v) is 8.41. The summed E-state index contributed by atoms with van der Waals surface area (Å²) in [4.78, 5) is 34.2. The third kappa shape index (κ3) is 11.5. The summed E-state index contributed by atoms with van der Waals surface area (Å²) >= 11 is 8.77. The lowest BCUT2D eigenvalue weighted by atomic mass is 10.00. The molecule has 0 spiro atoms. The number of hydrogen-bond donors (Lipinski definition) is 2. The fourth-order valence-electron chi connectivity index (χ4n) is 3.92. The summed E-state index contributed by atoms with van der Waals surface area (Å²) in [5, 5.41) is 32.7. The highest BCUT2D eigenvalue weighted by Crippen LogP contribution is 2.42. The lowest BCUT2D eigenvalue weighted by Crippen LogP contribution is -2.36. The van der Waals surface area contributed by atoms with Crippen LogP contribution in [0.3, 0.4) is 0 Å². The summed E-state index contributed by atoms with van der Waals surface area (Å²) in [6.07, 6.45) is -0.830. The van der Waals surface area contributed by atoms with Gasteiger partial charge in [0.25, 0.3) is 0 Å². The van der Waals surface area contributed by atoms with E-state index in [4.69, 9.17) is 38.5 Å². The Kier molecular flexibility index (Phi) is 14.2. The normalized spacial score (nSPS) is 10.6. The molecule has 15 heteroatoms. The van der Waals surface area contributed by atoms with Gasteiger partial charge in [-0.1, -0.05) is 47.6 Å². The molecule has 0 aliphatic carbocycles. The van der Waals surface area contributed by atoms with Crippen LogP contribution in [-0.4, -0.2) is 79.0 Å². The molecule has 0 aliphatic heterocycles. The zero-order chi connectivity index (χ0) is 35.3. The van der Waals surface area contributed by atoms with Crippen LogP contribution in [0, 0.1) is 17.9 Å². The Balaban J connectivity index is 0.000000804. The number of carboxylic acids is 1. The van der Waals surface area contributed by atoms with Crippen LogP contribution < -0.4 is 15.6 Å². The number of hydrogen-bond acceptors (Lipinski definition) is 12. The fraction of sp³-hybridized carbons (Fsp3) is 0.273. The number of nitrogen functional groups attached to an aromatic ring is 1. The largest absolute Gasteiger partial charge is 0.550 e. The number of nitriles is 1. The maximum absolute atomic E-state index is 11.3. The number of esters is 1. The SMILES string of the molecule is C[N+](C)(C)CCO.[C-]#[N+]c1c(N)nc(SCc2csc(-c3ccc(Cl)cc3)n2)c(C#N)c1-c1ccc(OCCOC(=O)CC(=O)[O-])cc1. The van der Waals surface area contributed by atoms with Crippen LogP contribution in [0.5, 0.6) is 5.75 Å². The Morgan fingerprint density at radius 2 is 1.79 bits per heavy atom. The van der Waals surface area contributed by atoms with Gasteiger partial charge in [-0.25, -0.2) is 14.8 Å². The van der Waals surface area contributed by atoms with E-state index in [0.29, 0.717) is 32.7 Å². The standard InChI is InChI=1S/C28H20ClN5O5S2.C5H14NO/c1-32-25-24(16-4-8-20(9-5-16)38-10-11-39-23(37)12-22(35)36)21(13-30)28(34-26(25)31)41-15-19-14-40-27(33-19)17-2-6-18(29)7-3-17;1-6(2,3)4-5-7/h2-9,14H,10-12,15H2,(H2,31,34)(H,35,36);7H,4-5H2,1-3H3/q;+1/p-1. The summed E-state index contributed by atoms with van der Waals surface area (Å²) in [5.41, 5.74) is 9.11. The van der Waals surface area contributed by atoms with E-state index in [1.165, 1.54) is 23.1 Å². The van der Waals surface area contributed by atoms with Crippen molar-refractivity contribution in [2.24, 2.45) is 0 Å². The molecule has 3 N–H and O–H groups in total. The van der Waals surface area contributed by atoms with Crippen molar-refractivity contribution in [2.45, 2.75) is 17.2 Å². The van der Waals surface area contributed by atoms with E-state index in [1.807, 2.05) is 17.5 Å². The second-order valence-corrected chi connectivity index (χ2v) is 13.2. The number of nitrogens with two attached hydrogens (primary N) is 1. The number of carboxylic acid groups (broad SMARTS) is 1. The highest BCUT2D eigenvalue weighted by Gasteiger charge is 2.21. The summed E-state index contributed by atoms with van der Waals surface area (Å²) in [7, 11) is 6.16. The molecule has 0 aliphatic rings. The quantitative estimate of drug-likeness (QED) is 0.0497. The second kappa shape index (κ2) is 18.0. The van der Waals surface area contributed by atoms with Crippen LogP contribution in [-0.2, 0) is 20.1 Å². The number of rotatable bonds is 13. The van der Waals surface area contributed by atoms with Crippen molar-refractivity contribution in [3.8, 4) is 33.5 Å². The minimum Gasteiger partial charge on any atom is -0.550 e. The fourth-order valence-corrected chi connectivity index (χ4v) is 5.86. The molecule has 0 saturated carbocycles. The first-order chi connectivity index (χ1) is 22.8. The molecule has 4 rings (SSSR count). The van der Waals surface area contributed by atoms with Gasteiger partial charge in [0.05, 0.1) is 58.0 Å². The van der Waals surface area contributed by atoms with Crippen LogP contribution in [0.2, 0.25) is 5.02 Å². The molecular weight excluding hydrogens is 676 g/mol. The Morgan fingerprint density at radius 1 is 1.12 bits per heavy atom. The van der Waals surface area contributed by atoms with E-state index < -0.39 is 18.4 Å². The monoisotopic (exact) mass is 708 g/mol. The summed E-state index contributed by atoms with van der Waals surface area (Å²) < 4.78 is 11.1. The third-order valence-electron chi connectivity index (χ3n) is 6.21. The van der Waals surface area contributed by atoms with Crippen molar-refractivity contribution in [1.82, 2.24) is 9.97 Å². The number of carbonyl (C=O) groups is 2. The van der Waals surface area contributed by atoms with Crippen molar-refractivity contribution in [1.29, 1.82) is 5.26 Å². The van der Waals surface area contributed by atoms with Crippen molar-refractivity contribution >= 4 is 58.1 Å². The van der Waals surface area contributed by atoms with Crippen molar-refractivity contribution < 1.29 is 33.8 Å². The van der Waals surface area contributed by atoms with Gasteiger partial charge >= 0.3 is 5.97 Å². The van der Waals surface area contributed by atoms with Crippen LogP contribution in [0.4, 0.5) is 11.5 Å². The topological polar surface area (TPSA) is 176 Å². The zero-order valence-electron chi connectivity index (χ0n) is 26.4. The predicted molar refractivity (Wildman–Crippen MR) is 183 cm³/mol. The number of anilines is 1. The number of aromatic nitrogens is 2. The average molecular weight is 709 g/mol. The number of thiazole rings is 1. The van der Waals surface area contributed by atoms with Crippen LogP contribution in [0.25, 0.3) is 26.5 Å². The summed E-state index contributed by atoms with van der Waals surface area (Å²) in [6, 6.07) is 16.2. The lowest BCUT2D eigenvalue weighted by molar-refractivity contribution is -0.870. The van der Waals surface area contributed by atoms with E-state index in [0.717, 1.165) is 27.3 Å². The van der Waals surface area contributed by atoms with Gasteiger partial charge in [0.2, 0.25) is 5.69 Å². The highest BCUT2D eigenvalue weighted by atomic mass is 35.5. The van der Waals surface area contributed by atoms with E-state index in [9.17, 15) is 20.0 Å². The highest BCUT2D eigenvalue weighted by molar-refractivity contribution is 7.98. The van der Waals surface area contributed by atoms with E-state index in [2.05, 4.69) is 42.0 Å². The van der Waals surface area contributed by atoms with Crippen LogP contribution >= 0.6 is 34.7 Å². The molecule has 0 unspecified atom stereocenters. The number of quaternary nitrogens is 1. The molecule has 250 valence electrons. The van der Waals surface area contributed by atoms with Gasteiger partial charge in [-0.3, -0.25) is 4.79 Å². The second-order valence-electron chi connectivity index (χ2n) is 10.9. The molecule has 0 saturated heterocycles. The molecular formula is C33H33ClN6O6S2. The molecule has 0 fully saturated rings. The summed E-state index contributed by atoms with van der Waals surface area (Å²) in [6.45, 7) is 8.61. The number of pyridine rings is 1. The maximum atomic E-state index is 11.3. The number of aliphatic carboxylic acids is 1. The number of ether oxygens (including phenoxy) is 2. The van der Waals surface area contributed by atoms with Gasteiger partial charge in [0, 0.05) is 27.3 Å². The summed E-state index contributed by atoms with van der Waals surface area (Å²) in [5.74, 6) is -1.56. The molecule has 48 heavy (non-hydrogen) atoms. The van der Waals surface area contributed by atoms with Crippen molar-refractivity contribution in [3.05, 3.63) is 81.6 Å². The smallest absolute Gasteiger partial charge is 0.311 e. The van der Waals surface area contributed by atoms with E-state index >= 15 is 0 Å². The number of aliphatic hydroxyl groups is 1. The Morgan fingerprint density at radius 3 is 2.35 bits per heavy atom. The number of benzene rings is 2. The van der Waals surface area contributed by atoms with E-state index in [1.54, 1.807) is 36.4 Å². The number of thioether (sulfide) groups is 1.